The molecule has 0 radical (unpaired) electrons. The van der Waals surface area contributed by atoms with E-state index in [1.54, 1.807) is 31.1 Å². The van der Waals surface area contributed by atoms with Gasteiger partial charge in [0.2, 0.25) is 0 Å². The van der Waals surface area contributed by atoms with Crippen LogP contribution >= 0.6 is 11.6 Å². The van der Waals surface area contributed by atoms with Crippen molar-refractivity contribution in [2.24, 2.45) is 0 Å². The van der Waals surface area contributed by atoms with Crippen LogP contribution in [-0.4, -0.2) is 126 Å². The van der Waals surface area contributed by atoms with E-state index < -0.39 is 17.7 Å². The van der Waals surface area contributed by atoms with Crippen molar-refractivity contribution < 1.29 is 23.6 Å². The maximum atomic E-state index is 13.6. The fraction of sp³-hybridized carbons (Fsp3) is 0.400. The molecule has 0 aliphatic carbocycles. The summed E-state index contributed by atoms with van der Waals surface area (Å²) in [5.74, 6) is -1.94. The van der Waals surface area contributed by atoms with Gasteiger partial charge in [0.05, 0.1) is 21.7 Å². The van der Waals surface area contributed by atoms with Crippen LogP contribution in [0.1, 0.15) is 26.3 Å². The number of carbonyl (C=O) groups is 4. The van der Waals surface area contributed by atoms with E-state index in [0.29, 0.717) is 69.8 Å². The Bertz CT molecular complexity index is 1520. The van der Waals surface area contributed by atoms with Crippen LogP contribution in [-0.2, 0) is 11.3 Å². The normalized spacial score (nSPS) is 16.6. The van der Waals surface area contributed by atoms with Gasteiger partial charge in [-0.05, 0) is 36.9 Å². The van der Waals surface area contributed by atoms with E-state index in [4.69, 9.17) is 11.6 Å². The lowest BCUT2D eigenvalue weighted by molar-refractivity contribution is -0.127. The molecule has 3 amide bonds. The first-order valence-corrected chi connectivity index (χ1v) is 14.3. The molecule has 5 rings (SSSR count). The molecule has 2 aromatic carbocycles. The van der Waals surface area contributed by atoms with Gasteiger partial charge < -0.3 is 19.6 Å². The number of fused-ring (bicyclic) bond motifs is 1. The largest absolute Gasteiger partial charge is 0.336 e. The average Bonchev–Trinajstić information content (AvgIpc) is 3.35. The molecule has 0 saturated carbocycles. The first kappa shape index (κ1) is 29.7. The number of nitrogens with zero attached hydrogens (tertiary/aromatic N) is 6. The minimum absolute atomic E-state index is 0.0546. The zero-order chi connectivity index (χ0) is 30.1. The number of piperazine rings is 2. The predicted octanol–water partition coefficient (Wildman–Crippen LogP) is 2.88. The van der Waals surface area contributed by atoms with Crippen LogP contribution in [0, 0.1) is 5.82 Å². The Labute approximate surface area is 248 Å². The first-order valence-electron chi connectivity index (χ1n) is 13.9. The van der Waals surface area contributed by atoms with E-state index in [1.807, 2.05) is 7.05 Å². The van der Waals surface area contributed by atoms with Crippen molar-refractivity contribution in [1.29, 1.82) is 0 Å². The molecule has 2 aliphatic rings. The molecule has 0 unspecified atom stereocenters. The maximum absolute atomic E-state index is 13.6. The van der Waals surface area contributed by atoms with E-state index in [2.05, 4.69) is 9.80 Å². The molecule has 42 heavy (non-hydrogen) atoms. The van der Waals surface area contributed by atoms with Crippen LogP contribution < -0.4 is 0 Å². The summed E-state index contributed by atoms with van der Waals surface area (Å²) in [7, 11) is 5.12. The molecular weight excluding hydrogens is 563 g/mol. The molecule has 12 heteroatoms. The highest BCUT2D eigenvalue weighted by Gasteiger charge is 2.31. The molecule has 0 N–H and O–H groups in total. The lowest BCUT2D eigenvalue weighted by Gasteiger charge is -2.35. The summed E-state index contributed by atoms with van der Waals surface area (Å²) >= 11 is 6.62. The van der Waals surface area contributed by atoms with Crippen molar-refractivity contribution in [3.63, 3.8) is 0 Å². The summed E-state index contributed by atoms with van der Waals surface area (Å²) in [6.07, 6.45) is 1.36. The minimum Gasteiger partial charge on any atom is -0.336 e. The molecular formula is C30H34ClFN6O4. The van der Waals surface area contributed by atoms with E-state index in [9.17, 15) is 23.6 Å². The van der Waals surface area contributed by atoms with Crippen molar-refractivity contribution in [3.8, 4) is 0 Å². The van der Waals surface area contributed by atoms with E-state index in [1.165, 1.54) is 44.8 Å². The van der Waals surface area contributed by atoms with Crippen molar-refractivity contribution in [1.82, 2.24) is 29.1 Å². The minimum atomic E-state index is -0.731. The standard InChI is InChI=1S/C30H34ClFN6O4/c1-33(2)30(42)38-19-24(27(39)29(41)37-12-8-34(3)9-13-37)22-16-23(25(31)17-26(22)38)28(40)36-14-10-35(11-15-36)18-20-4-6-21(32)7-5-20/h4-7,16-17,19H,8-15,18H2,1-3H3. The Morgan fingerprint density at radius 2 is 1.48 bits per heavy atom. The van der Waals surface area contributed by atoms with Crippen LogP contribution in [0.3, 0.4) is 0 Å². The van der Waals surface area contributed by atoms with Crippen molar-refractivity contribution in [2.45, 2.75) is 6.54 Å². The van der Waals surface area contributed by atoms with Gasteiger partial charge in [-0.1, -0.05) is 23.7 Å². The summed E-state index contributed by atoms with van der Waals surface area (Å²) in [4.78, 5) is 62.2. The Morgan fingerprint density at radius 1 is 0.857 bits per heavy atom. The lowest BCUT2D eigenvalue weighted by Crippen LogP contribution is -2.49. The lowest BCUT2D eigenvalue weighted by atomic mass is 10.0. The Hall–Kier alpha value is -3.80. The Kier molecular flexibility index (Phi) is 8.63. The van der Waals surface area contributed by atoms with Gasteiger partial charge >= 0.3 is 6.03 Å². The fourth-order valence-electron chi connectivity index (χ4n) is 5.36. The van der Waals surface area contributed by atoms with Gasteiger partial charge in [-0.25, -0.2) is 9.18 Å². The monoisotopic (exact) mass is 596 g/mol. The molecule has 2 fully saturated rings. The molecule has 10 nitrogen and oxygen atoms in total. The van der Waals surface area contributed by atoms with Gasteiger partial charge in [0.1, 0.15) is 5.82 Å². The van der Waals surface area contributed by atoms with Gasteiger partial charge in [-0.3, -0.25) is 23.9 Å². The van der Waals surface area contributed by atoms with Crippen LogP contribution in [0.2, 0.25) is 5.02 Å². The molecule has 2 saturated heterocycles. The summed E-state index contributed by atoms with van der Waals surface area (Å²) in [5.41, 5.74) is 1.59. The third kappa shape index (κ3) is 6.04. The zero-order valence-electron chi connectivity index (χ0n) is 24.0. The molecule has 0 bridgehead atoms. The summed E-state index contributed by atoms with van der Waals surface area (Å²) in [6, 6.07) is 8.99. The van der Waals surface area contributed by atoms with Crippen LogP contribution in [0.4, 0.5) is 9.18 Å². The van der Waals surface area contributed by atoms with Gasteiger partial charge in [0.25, 0.3) is 17.6 Å². The SMILES string of the molecule is CN1CCN(C(=O)C(=O)c2cn(C(=O)N(C)C)c3cc(Cl)c(C(=O)N4CCN(Cc5ccc(F)cc5)CC4)cc23)CC1. The molecule has 0 atom stereocenters. The number of hydrogen-bond acceptors (Lipinski definition) is 6. The van der Waals surface area contributed by atoms with Crippen LogP contribution in [0.25, 0.3) is 10.9 Å². The van der Waals surface area contributed by atoms with Gasteiger partial charge in [0, 0.05) is 84.6 Å². The zero-order valence-corrected chi connectivity index (χ0v) is 24.7. The number of benzene rings is 2. The number of Topliss-reactive ketones (excluding diaryl/α,β-unsaturated/α-hetero) is 1. The number of likely N-dealkylation sites (N-methyl/N-ethyl adjacent to an activating group) is 1. The molecule has 1 aromatic heterocycles. The summed E-state index contributed by atoms with van der Waals surface area (Å²) in [5, 5.41) is 0.469. The summed E-state index contributed by atoms with van der Waals surface area (Å²) < 4.78 is 14.5. The topological polar surface area (TPSA) is 89.4 Å². The number of hydrogen-bond donors (Lipinski definition) is 0. The van der Waals surface area contributed by atoms with Crippen molar-refractivity contribution in [3.05, 3.63) is 70.1 Å². The second kappa shape index (κ2) is 12.2. The second-order valence-corrected chi connectivity index (χ2v) is 11.5. The number of carbonyl (C=O) groups excluding carboxylic acids is 4. The maximum Gasteiger partial charge on any atom is 0.328 e. The highest BCUT2D eigenvalue weighted by Crippen LogP contribution is 2.30. The average molecular weight is 597 g/mol. The molecule has 0 spiro atoms. The summed E-state index contributed by atoms with van der Waals surface area (Å²) in [6.45, 7) is 4.99. The molecule has 3 aromatic rings. The second-order valence-electron chi connectivity index (χ2n) is 11.1. The molecule has 3 heterocycles. The number of ketones is 1. The number of rotatable bonds is 5. The van der Waals surface area contributed by atoms with Crippen molar-refractivity contribution >= 4 is 46.1 Å². The van der Waals surface area contributed by atoms with E-state index in [0.717, 1.165) is 5.56 Å². The van der Waals surface area contributed by atoms with E-state index >= 15 is 0 Å². The van der Waals surface area contributed by atoms with Gasteiger partial charge in [-0.15, -0.1) is 0 Å². The fourth-order valence-corrected chi connectivity index (χ4v) is 5.60. The van der Waals surface area contributed by atoms with Crippen molar-refractivity contribution in [2.75, 3.05) is 73.5 Å². The Morgan fingerprint density at radius 3 is 2.10 bits per heavy atom. The Balaban J connectivity index is 1.40. The highest BCUT2D eigenvalue weighted by atomic mass is 35.5. The number of amides is 3. The molecule has 2 aliphatic heterocycles. The smallest absolute Gasteiger partial charge is 0.328 e. The number of aromatic nitrogens is 1. The van der Waals surface area contributed by atoms with Gasteiger partial charge in [-0.2, -0.15) is 0 Å². The third-order valence-electron chi connectivity index (χ3n) is 7.92. The van der Waals surface area contributed by atoms with Gasteiger partial charge in [0.15, 0.2) is 0 Å². The molecule has 222 valence electrons. The van der Waals surface area contributed by atoms with Crippen LogP contribution in [0.5, 0.6) is 0 Å². The van der Waals surface area contributed by atoms with E-state index in [-0.39, 0.29) is 27.9 Å². The van der Waals surface area contributed by atoms with Crippen LogP contribution in [0.15, 0.2) is 42.6 Å². The number of halogens is 2. The quantitative estimate of drug-likeness (QED) is 0.332. The predicted molar refractivity (Wildman–Crippen MR) is 157 cm³/mol. The third-order valence-corrected chi connectivity index (χ3v) is 8.23. The first-order chi connectivity index (χ1) is 20.0. The highest BCUT2D eigenvalue weighted by molar-refractivity contribution is 6.45.